The van der Waals surface area contributed by atoms with Crippen LogP contribution in [0.4, 0.5) is 11.5 Å². The Morgan fingerprint density at radius 2 is 1.70 bits per heavy atom. The van der Waals surface area contributed by atoms with Crippen LogP contribution in [-0.2, 0) is 20.6 Å². The summed E-state index contributed by atoms with van der Waals surface area (Å²) in [5.41, 5.74) is 1.52. The van der Waals surface area contributed by atoms with Crippen LogP contribution in [0.5, 0.6) is 0 Å². The first-order valence-electron chi connectivity index (χ1n) is 10.6. The predicted molar refractivity (Wildman–Crippen MR) is 118 cm³/mol. The van der Waals surface area contributed by atoms with Gasteiger partial charge < -0.3 is 10.2 Å². The van der Waals surface area contributed by atoms with Crippen molar-refractivity contribution in [2.45, 2.75) is 31.4 Å². The molecule has 8 heteroatoms. The molecule has 0 spiro atoms. The van der Waals surface area contributed by atoms with E-state index in [1.165, 1.54) is 4.31 Å². The molecule has 2 saturated heterocycles. The molecule has 0 unspecified atom stereocenters. The van der Waals surface area contributed by atoms with Crippen LogP contribution in [-0.4, -0.2) is 49.8 Å². The van der Waals surface area contributed by atoms with Gasteiger partial charge in [0.1, 0.15) is 0 Å². The second-order valence-electron chi connectivity index (χ2n) is 7.97. The van der Waals surface area contributed by atoms with Crippen molar-refractivity contribution < 1.29 is 13.2 Å². The Bertz CT molecular complexity index is 967. The summed E-state index contributed by atoms with van der Waals surface area (Å²) >= 11 is 0. The Morgan fingerprint density at radius 1 is 1.00 bits per heavy atom. The molecule has 0 bridgehead atoms. The average Bonchev–Trinajstić information content (AvgIpc) is 3.29. The topological polar surface area (TPSA) is 82.6 Å². The second-order valence-corrected chi connectivity index (χ2v) is 9.94. The molecule has 4 rings (SSSR count). The number of piperidine rings is 1. The summed E-state index contributed by atoms with van der Waals surface area (Å²) in [5, 5.41) is 3.04. The lowest BCUT2D eigenvalue weighted by Crippen LogP contribution is -2.42. The molecule has 3 heterocycles. The predicted octanol–water partition coefficient (Wildman–Crippen LogP) is 2.86. The molecule has 2 aliphatic rings. The van der Waals surface area contributed by atoms with Crippen molar-refractivity contribution >= 4 is 27.4 Å². The van der Waals surface area contributed by atoms with Crippen LogP contribution in [0.2, 0.25) is 0 Å². The van der Waals surface area contributed by atoms with Crippen molar-refractivity contribution in [3.63, 3.8) is 0 Å². The fraction of sp³-hybridized carbons (Fsp3) is 0.455. The van der Waals surface area contributed by atoms with E-state index < -0.39 is 10.0 Å². The number of sulfonamides is 1. The van der Waals surface area contributed by atoms with Gasteiger partial charge in [-0.1, -0.05) is 30.3 Å². The molecular weight excluding hydrogens is 400 g/mol. The van der Waals surface area contributed by atoms with Crippen LogP contribution in [0, 0.1) is 5.92 Å². The van der Waals surface area contributed by atoms with Gasteiger partial charge in [0, 0.05) is 38.3 Å². The summed E-state index contributed by atoms with van der Waals surface area (Å²) in [4.78, 5) is 19.5. The molecule has 0 aliphatic carbocycles. The van der Waals surface area contributed by atoms with Gasteiger partial charge in [0.05, 0.1) is 11.4 Å². The molecule has 1 aromatic heterocycles. The molecule has 0 radical (unpaired) electrons. The van der Waals surface area contributed by atoms with E-state index in [-0.39, 0.29) is 17.6 Å². The molecule has 1 N–H and O–H groups in total. The Hall–Kier alpha value is -2.45. The molecule has 7 nitrogen and oxygen atoms in total. The van der Waals surface area contributed by atoms with Crippen molar-refractivity contribution in [1.82, 2.24) is 9.29 Å². The van der Waals surface area contributed by atoms with Gasteiger partial charge in [0.2, 0.25) is 15.9 Å². The van der Waals surface area contributed by atoms with Crippen molar-refractivity contribution in [3.05, 3.63) is 54.2 Å². The highest BCUT2D eigenvalue weighted by molar-refractivity contribution is 7.88. The van der Waals surface area contributed by atoms with Crippen LogP contribution in [0.3, 0.4) is 0 Å². The molecule has 0 atom stereocenters. The van der Waals surface area contributed by atoms with Crippen molar-refractivity contribution in [3.8, 4) is 0 Å². The summed E-state index contributed by atoms with van der Waals surface area (Å²) in [6.07, 6.45) is 5.08. The van der Waals surface area contributed by atoms with Crippen LogP contribution in [0.15, 0.2) is 48.7 Å². The first kappa shape index (κ1) is 20.8. The van der Waals surface area contributed by atoms with Gasteiger partial charge in [-0.2, -0.15) is 0 Å². The average molecular weight is 429 g/mol. The fourth-order valence-electron chi connectivity index (χ4n) is 4.18. The van der Waals surface area contributed by atoms with Crippen molar-refractivity contribution in [1.29, 1.82) is 0 Å². The van der Waals surface area contributed by atoms with Crippen molar-refractivity contribution in [2.75, 3.05) is 36.4 Å². The number of carbonyl (C=O) groups is 1. The molecule has 160 valence electrons. The lowest BCUT2D eigenvalue weighted by atomic mass is 9.97. The van der Waals surface area contributed by atoms with Gasteiger partial charge in [-0.05, 0) is 43.4 Å². The summed E-state index contributed by atoms with van der Waals surface area (Å²) in [5.74, 6) is 0.578. The van der Waals surface area contributed by atoms with Gasteiger partial charge in [-0.3, -0.25) is 4.79 Å². The lowest BCUT2D eigenvalue weighted by molar-refractivity contribution is -0.120. The first-order valence-corrected chi connectivity index (χ1v) is 12.2. The zero-order valence-corrected chi connectivity index (χ0v) is 17.9. The smallest absolute Gasteiger partial charge is 0.227 e. The summed E-state index contributed by atoms with van der Waals surface area (Å²) in [6, 6.07) is 12.9. The maximum atomic E-state index is 12.9. The summed E-state index contributed by atoms with van der Waals surface area (Å²) in [6.45, 7) is 2.66. The minimum absolute atomic E-state index is 0.000414. The van der Waals surface area contributed by atoms with Crippen LogP contribution in [0.1, 0.15) is 31.2 Å². The zero-order chi connectivity index (χ0) is 21.0. The number of benzene rings is 1. The number of rotatable bonds is 6. The Morgan fingerprint density at radius 3 is 2.40 bits per heavy atom. The van der Waals surface area contributed by atoms with E-state index >= 15 is 0 Å². The van der Waals surface area contributed by atoms with Crippen LogP contribution in [0.25, 0.3) is 0 Å². The summed E-state index contributed by atoms with van der Waals surface area (Å²) < 4.78 is 27.0. The minimum atomic E-state index is -3.38. The third-order valence-corrected chi connectivity index (χ3v) is 7.71. The first-order chi connectivity index (χ1) is 14.5. The number of nitrogens with one attached hydrogen (secondary N) is 1. The molecular formula is C22H28N4O3S. The number of nitrogens with zero attached hydrogens (tertiary/aromatic N) is 3. The summed E-state index contributed by atoms with van der Waals surface area (Å²) in [7, 11) is -3.38. The molecule has 1 amide bonds. The molecule has 1 aromatic carbocycles. The lowest BCUT2D eigenvalue weighted by Gasteiger charge is -2.31. The highest BCUT2D eigenvalue weighted by Gasteiger charge is 2.31. The molecule has 2 aliphatic heterocycles. The standard InChI is InChI=1S/C22H28N4O3S/c27-22(24-20-9-6-12-23-21(20)25-13-4-5-14-25)19-10-15-26(16-11-19)30(28,29)17-18-7-2-1-3-8-18/h1-3,6-9,12,19H,4-5,10-11,13-17H2,(H,24,27). The quantitative estimate of drug-likeness (QED) is 0.765. The number of amides is 1. The number of aromatic nitrogens is 1. The van der Waals surface area contributed by atoms with Gasteiger partial charge in [-0.25, -0.2) is 17.7 Å². The van der Waals surface area contributed by atoms with Gasteiger partial charge in [0.15, 0.2) is 5.82 Å². The van der Waals surface area contributed by atoms with E-state index in [2.05, 4.69) is 15.2 Å². The van der Waals surface area contributed by atoms with E-state index in [9.17, 15) is 13.2 Å². The molecule has 0 saturated carbocycles. The number of anilines is 2. The van der Waals surface area contributed by atoms with Crippen LogP contribution < -0.4 is 10.2 Å². The SMILES string of the molecule is O=C(Nc1cccnc1N1CCCC1)C1CCN(S(=O)(=O)Cc2ccccc2)CC1. The maximum Gasteiger partial charge on any atom is 0.227 e. The normalized spacial score (nSPS) is 18.5. The molecule has 2 fully saturated rings. The Balaban J connectivity index is 1.35. The monoisotopic (exact) mass is 428 g/mol. The van der Waals surface area contributed by atoms with E-state index in [4.69, 9.17) is 0 Å². The fourth-order valence-corrected chi connectivity index (χ4v) is 5.75. The highest BCUT2D eigenvalue weighted by Crippen LogP contribution is 2.28. The Kier molecular flexibility index (Phi) is 6.34. The number of pyridine rings is 1. The third-order valence-electron chi connectivity index (χ3n) is 5.86. The van der Waals surface area contributed by atoms with E-state index in [1.807, 2.05) is 42.5 Å². The number of carbonyl (C=O) groups excluding carboxylic acids is 1. The van der Waals surface area contributed by atoms with E-state index in [0.29, 0.717) is 25.9 Å². The van der Waals surface area contributed by atoms with Gasteiger partial charge in [0.25, 0.3) is 0 Å². The number of hydrogen-bond donors (Lipinski definition) is 1. The zero-order valence-electron chi connectivity index (χ0n) is 17.0. The van der Waals surface area contributed by atoms with Gasteiger partial charge in [-0.15, -0.1) is 0 Å². The Labute approximate surface area is 178 Å². The van der Waals surface area contributed by atoms with Crippen LogP contribution >= 0.6 is 0 Å². The van der Waals surface area contributed by atoms with Crippen molar-refractivity contribution in [2.24, 2.45) is 5.92 Å². The van der Waals surface area contributed by atoms with E-state index in [0.717, 1.165) is 43.0 Å². The second kappa shape index (κ2) is 9.14. The third kappa shape index (κ3) is 4.82. The highest BCUT2D eigenvalue weighted by atomic mass is 32.2. The molecule has 30 heavy (non-hydrogen) atoms. The van der Waals surface area contributed by atoms with E-state index in [1.54, 1.807) is 6.20 Å². The van der Waals surface area contributed by atoms with Gasteiger partial charge >= 0.3 is 0 Å². The maximum absolute atomic E-state index is 12.9. The largest absolute Gasteiger partial charge is 0.355 e. The molecule has 2 aromatic rings. The minimum Gasteiger partial charge on any atom is -0.355 e. The number of hydrogen-bond acceptors (Lipinski definition) is 5.